The topological polar surface area (TPSA) is 64.0 Å². The standard InChI is InChI=1S/C31H21N5O/c1-37-31-25-12-7-14-33-28(25)30(24-11-6-15-34-29(24)31)36(22-9-3-2-4-10-22)23-17-21-16-20-8-5-13-32-26(20)18-27(21)35-19-23/h2-19H,1H3. The van der Waals surface area contributed by atoms with Crippen LogP contribution in [0, 0.1) is 0 Å². The molecule has 4 aromatic heterocycles. The lowest BCUT2D eigenvalue weighted by atomic mass is 10.0. The van der Waals surface area contributed by atoms with E-state index < -0.39 is 0 Å². The predicted molar refractivity (Wildman–Crippen MR) is 149 cm³/mol. The van der Waals surface area contributed by atoms with Crippen molar-refractivity contribution in [1.29, 1.82) is 0 Å². The average Bonchev–Trinajstić information content (AvgIpc) is 2.96. The minimum Gasteiger partial charge on any atom is -0.494 e. The molecule has 0 amide bonds. The Bertz CT molecular complexity index is 1880. The highest BCUT2D eigenvalue weighted by atomic mass is 16.5. The summed E-state index contributed by atoms with van der Waals surface area (Å²) in [6.45, 7) is 0. The summed E-state index contributed by atoms with van der Waals surface area (Å²) in [5.41, 5.74) is 6.27. The van der Waals surface area contributed by atoms with Gasteiger partial charge >= 0.3 is 0 Å². The van der Waals surface area contributed by atoms with E-state index in [1.807, 2.05) is 60.9 Å². The van der Waals surface area contributed by atoms with Crippen molar-refractivity contribution in [3.63, 3.8) is 0 Å². The lowest BCUT2D eigenvalue weighted by Crippen LogP contribution is -2.12. The second-order valence-electron chi connectivity index (χ2n) is 8.79. The first-order valence-electron chi connectivity index (χ1n) is 12.0. The van der Waals surface area contributed by atoms with E-state index in [2.05, 4.69) is 46.3 Å². The van der Waals surface area contributed by atoms with E-state index in [-0.39, 0.29) is 0 Å². The minimum absolute atomic E-state index is 0.714. The van der Waals surface area contributed by atoms with Gasteiger partial charge in [-0.05, 0) is 60.7 Å². The molecule has 0 aliphatic carbocycles. The van der Waals surface area contributed by atoms with Crippen LogP contribution in [0.1, 0.15) is 0 Å². The number of aromatic nitrogens is 4. The smallest absolute Gasteiger partial charge is 0.154 e. The number of methoxy groups -OCH3 is 1. The number of rotatable bonds is 4. The fourth-order valence-electron chi connectivity index (χ4n) is 5.04. The van der Waals surface area contributed by atoms with Gasteiger partial charge < -0.3 is 9.64 Å². The molecule has 0 N–H and O–H groups in total. The van der Waals surface area contributed by atoms with Crippen LogP contribution in [0.5, 0.6) is 5.75 Å². The first-order chi connectivity index (χ1) is 18.3. The molecule has 176 valence electrons. The summed E-state index contributed by atoms with van der Waals surface area (Å²) in [5.74, 6) is 0.714. The van der Waals surface area contributed by atoms with Gasteiger partial charge in [0.05, 0.1) is 41.2 Å². The lowest BCUT2D eigenvalue weighted by molar-refractivity contribution is 0.423. The maximum Gasteiger partial charge on any atom is 0.154 e. The second kappa shape index (κ2) is 8.53. The number of benzene rings is 3. The number of nitrogens with zero attached hydrogens (tertiary/aromatic N) is 5. The van der Waals surface area contributed by atoms with Crippen molar-refractivity contribution in [2.45, 2.75) is 0 Å². The second-order valence-corrected chi connectivity index (χ2v) is 8.79. The molecular formula is C31H21N5O. The van der Waals surface area contributed by atoms with Crippen molar-refractivity contribution >= 4 is 60.7 Å². The number of para-hydroxylation sites is 1. The molecule has 0 unspecified atom stereocenters. The van der Waals surface area contributed by atoms with E-state index >= 15 is 0 Å². The lowest BCUT2D eigenvalue weighted by Gasteiger charge is -2.28. The number of pyridine rings is 4. The molecule has 7 rings (SSSR count). The van der Waals surface area contributed by atoms with E-state index in [1.54, 1.807) is 19.5 Å². The Morgan fingerprint density at radius 1 is 0.595 bits per heavy atom. The molecule has 7 aromatic rings. The number of fused-ring (bicyclic) bond motifs is 4. The van der Waals surface area contributed by atoms with Crippen LogP contribution >= 0.6 is 0 Å². The first kappa shape index (κ1) is 21.2. The summed E-state index contributed by atoms with van der Waals surface area (Å²) in [6, 6.07) is 28.6. The molecular weight excluding hydrogens is 458 g/mol. The Morgan fingerprint density at radius 2 is 1.32 bits per heavy atom. The molecule has 0 bridgehead atoms. The van der Waals surface area contributed by atoms with Crippen molar-refractivity contribution in [2.24, 2.45) is 0 Å². The van der Waals surface area contributed by atoms with Crippen LogP contribution in [0.15, 0.2) is 110 Å². The first-order valence-corrected chi connectivity index (χ1v) is 12.0. The van der Waals surface area contributed by atoms with E-state index in [0.717, 1.165) is 60.7 Å². The number of anilines is 3. The van der Waals surface area contributed by atoms with Crippen molar-refractivity contribution in [3.8, 4) is 5.75 Å². The van der Waals surface area contributed by atoms with Crippen LogP contribution in [-0.4, -0.2) is 27.0 Å². The number of hydrogen-bond donors (Lipinski definition) is 0. The molecule has 0 fully saturated rings. The Labute approximate surface area is 212 Å². The molecule has 6 heteroatoms. The zero-order valence-electron chi connectivity index (χ0n) is 20.0. The zero-order chi connectivity index (χ0) is 24.8. The minimum atomic E-state index is 0.714. The average molecular weight is 480 g/mol. The van der Waals surface area contributed by atoms with Gasteiger partial charge in [0.1, 0.15) is 5.52 Å². The summed E-state index contributed by atoms with van der Waals surface area (Å²) in [7, 11) is 1.68. The summed E-state index contributed by atoms with van der Waals surface area (Å²) in [4.78, 5) is 21.1. The molecule has 3 aromatic carbocycles. The molecule has 4 heterocycles. The monoisotopic (exact) mass is 479 g/mol. The highest BCUT2D eigenvalue weighted by Crippen LogP contribution is 2.46. The van der Waals surface area contributed by atoms with Crippen LogP contribution in [-0.2, 0) is 0 Å². The highest BCUT2D eigenvalue weighted by molar-refractivity contribution is 6.15. The molecule has 0 spiro atoms. The third-order valence-electron chi connectivity index (χ3n) is 6.65. The van der Waals surface area contributed by atoms with Gasteiger partial charge in [-0.25, -0.2) is 0 Å². The van der Waals surface area contributed by atoms with Crippen LogP contribution in [0.25, 0.3) is 43.6 Å². The van der Waals surface area contributed by atoms with Gasteiger partial charge in [0.15, 0.2) is 5.75 Å². The van der Waals surface area contributed by atoms with Crippen molar-refractivity contribution in [1.82, 2.24) is 19.9 Å². The highest BCUT2D eigenvalue weighted by Gasteiger charge is 2.23. The zero-order valence-corrected chi connectivity index (χ0v) is 20.0. The van der Waals surface area contributed by atoms with E-state index in [4.69, 9.17) is 19.7 Å². The van der Waals surface area contributed by atoms with Gasteiger partial charge in [-0.2, -0.15) is 0 Å². The summed E-state index contributed by atoms with van der Waals surface area (Å²) in [6.07, 6.45) is 7.32. The molecule has 37 heavy (non-hydrogen) atoms. The fraction of sp³-hybridized carbons (Fsp3) is 0.0323. The van der Waals surface area contributed by atoms with Gasteiger partial charge in [-0.15, -0.1) is 0 Å². The molecule has 0 radical (unpaired) electrons. The molecule has 0 aliphatic rings. The normalized spacial score (nSPS) is 11.4. The summed E-state index contributed by atoms with van der Waals surface area (Å²) >= 11 is 0. The maximum absolute atomic E-state index is 5.85. The van der Waals surface area contributed by atoms with E-state index in [1.165, 1.54) is 0 Å². The molecule has 0 atom stereocenters. The molecule has 0 aliphatic heterocycles. The quantitative estimate of drug-likeness (QED) is 0.246. The molecule has 0 saturated heterocycles. The van der Waals surface area contributed by atoms with Crippen LogP contribution in [0.3, 0.4) is 0 Å². The van der Waals surface area contributed by atoms with E-state index in [9.17, 15) is 0 Å². The Hall–Kier alpha value is -5.10. The van der Waals surface area contributed by atoms with Crippen molar-refractivity contribution in [2.75, 3.05) is 12.0 Å². The van der Waals surface area contributed by atoms with Gasteiger partial charge in [-0.3, -0.25) is 19.9 Å². The number of ether oxygens (including phenoxy) is 1. The van der Waals surface area contributed by atoms with Crippen LogP contribution < -0.4 is 9.64 Å². The van der Waals surface area contributed by atoms with Gasteiger partial charge in [-0.1, -0.05) is 24.3 Å². The van der Waals surface area contributed by atoms with Gasteiger partial charge in [0.2, 0.25) is 0 Å². The molecule has 6 nitrogen and oxygen atoms in total. The third-order valence-corrected chi connectivity index (χ3v) is 6.65. The van der Waals surface area contributed by atoms with Crippen LogP contribution in [0.2, 0.25) is 0 Å². The SMILES string of the molecule is COc1c2cccnc2c(N(c2ccccc2)c2cnc3cc4ncccc4cc3c2)c2cccnc12. The maximum atomic E-state index is 5.85. The largest absolute Gasteiger partial charge is 0.494 e. The fourth-order valence-corrected chi connectivity index (χ4v) is 5.04. The predicted octanol–water partition coefficient (Wildman–Crippen LogP) is 7.36. The van der Waals surface area contributed by atoms with Crippen molar-refractivity contribution in [3.05, 3.63) is 110 Å². The summed E-state index contributed by atoms with van der Waals surface area (Å²) in [5, 5.41) is 3.95. The Kier molecular flexibility index (Phi) is 4.89. The van der Waals surface area contributed by atoms with E-state index in [0.29, 0.717) is 5.75 Å². The van der Waals surface area contributed by atoms with Crippen molar-refractivity contribution < 1.29 is 4.74 Å². The molecule has 0 saturated carbocycles. The van der Waals surface area contributed by atoms with Gasteiger partial charge in [0, 0.05) is 45.8 Å². The van der Waals surface area contributed by atoms with Crippen LogP contribution in [0.4, 0.5) is 17.1 Å². The summed E-state index contributed by atoms with van der Waals surface area (Å²) < 4.78 is 5.85. The Morgan fingerprint density at radius 3 is 2.16 bits per heavy atom. The number of hydrogen-bond acceptors (Lipinski definition) is 6. The third kappa shape index (κ3) is 3.42. The van der Waals surface area contributed by atoms with Gasteiger partial charge in [0.25, 0.3) is 0 Å². The Balaban J connectivity index is 1.58.